The molecule has 19 heavy (non-hydrogen) atoms. The third kappa shape index (κ3) is 4.67. The second kappa shape index (κ2) is 7.48. The molecule has 5 heteroatoms. The van der Waals surface area contributed by atoms with Crippen LogP contribution in [0.1, 0.15) is 19.0 Å². The van der Waals surface area contributed by atoms with Crippen LogP contribution in [0.3, 0.4) is 0 Å². The number of aromatic nitrogens is 2. The first-order valence-corrected chi connectivity index (χ1v) is 6.00. The van der Waals surface area contributed by atoms with Crippen LogP contribution in [-0.4, -0.2) is 23.0 Å². The van der Waals surface area contributed by atoms with Gasteiger partial charge in [0.25, 0.3) is 0 Å². The Hall–Kier alpha value is -1.94. The number of methoxy groups -OCH3 is 1. The van der Waals surface area contributed by atoms with Crippen LogP contribution in [0.4, 0.5) is 0 Å². The Labute approximate surface area is 117 Å². The lowest BCUT2D eigenvalue weighted by atomic mass is 10.1. The molecular formula is C14H15ClN2O2. The molecule has 0 unspecified atom stereocenters. The van der Waals surface area contributed by atoms with Gasteiger partial charge in [-0.2, -0.15) is 0 Å². The standard InChI is InChI=1S/C14H15ClN2O2/c1-4-11(13-14(15)17-8-7-16-13)6-5-10(2)9-12(18)19-3/h4-8H,1,9H2,2-3H3/b10-5+,11-6+. The van der Waals surface area contributed by atoms with Gasteiger partial charge in [-0.25, -0.2) is 4.98 Å². The van der Waals surface area contributed by atoms with E-state index in [0.717, 1.165) is 11.1 Å². The van der Waals surface area contributed by atoms with E-state index >= 15 is 0 Å². The van der Waals surface area contributed by atoms with Gasteiger partial charge in [0.05, 0.1) is 13.5 Å². The van der Waals surface area contributed by atoms with E-state index in [1.807, 2.05) is 6.92 Å². The quantitative estimate of drug-likeness (QED) is 0.613. The first-order valence-electron chi connectivity index (χ1n) is 5.62. The summed E-state index contributed by atoms with van der Waals surface area (Å²) in [6.45, 7) is 5.56. The zero-order valence-electron chi connectivity index (χ0n) is 10.9. The van der Waals surface area contributed by atoms with Crippen LogP contribution in [0.5, 0.6) is 0 Å². The maximum Gasteiger partial charge on any atom is 0.309 e. The number of rotatable bonds is 5. The summed E-state index contributed by atoms with van der Waals surface area (Å²) in [7, 11) is 1.36. The molecule has 1 heterocycles. The highest BCUT2D eigenvalue weighted by Crippen LogP contribution is 2.20. The molecule has 1 aromatic heterocycles. The summed E-state index contributed by atoms with van der Waals surface area (Å²) in [6.07, 6.45) is 8.55. The van der Waals surface area contributed by atoms with Crippen molar-refractivity contribution in [2.45, 2.75) is 13.3 Å². The fraction of sp³-hybridized carbons (Fsp3) is 0.214. The van der Waals surface area contributed by atoms with E-state index in [2.05, 4.69) is 21.3 Å². The monoisotopic (exact) mass is 278 g/mol. The first-order chi connectivity index (χ1) is 9.08. The molecule has 0 N–H and O–H groups in total. The lowest BCUT2D eigenvalue weighted by Crippen LogP contribution is -1.99. The van der Waals surface area contributed by atoms with Crippen molar-refractivity contribution in [2.24, 2.45) is 0 Å². The van der Waals surface area contributed by atoms with Gasteiger partial charge in [-0.15, -0.1) is 0 Å². The minimum absolute atomic E-state index is 0.242. The van der Waals surface area contributed by atoms with Gasteiger partial charge >= 0.3 is 5.97 Å². The number of carbonyl (C=O) groups is 1. The highest BCUT2D eigenvalue weighted by Gasteiger charge is 2.05. The van der Waals surface area contributed by atoms with Crippen molar-refractivity contribution in [2.75, 3.05) is 7.11 Å². The van der Waals surface area contributed by atoms with Gasteiger partial charge in [-0.05, 0) is 6.92 Å². The maximum atomic E-state index is 11.1. The van der Waals surface area contributed by atoms with Crippen molar-refractivity contribution in [3.8, 4) is 0 Å². The third-order valence-electron chi connectivity index (χ3n) is 2.35. The number of carbonyl (C=O) groups excluding carboxylic acids is 1. The van der Waals surface area contributed by atoms with Crippen molar-refractivity contribution in [3.63, 3.8) is 0 Å². The van der Waals surface area contributed by atoms with Crippen molar-refractivity contribution >= 4 is 23.1 Å². The summed E-state index contributed by atoms with van der Waals surface area (Å²) in [5.74, 6) is -0.278. The summed E-state index contributed by atoms with van der Waals surface area (Å²) < 4.78 is 4.59. The Balaban J connectivity index is 2.95. The minimum atomic E-state index is -0.278. The van der Waals surface area contributed by atoms with Gasteiger partial charge in [0, 0.05) is 18.0 Å². The Bertz CT molecular complexity index is 536. The molecule has 0 aromatic carbocycles. The number of hydrogen-bond donors (Lipinski definition) is 0. The molecule has 1 rings (SSSR count). The largest absolute Gasteiger partial charge is 0.469 e. The van der Waals surface area contributed by atoms with Crippen LogP contribution in [0.15, 0.2) is 42.8 Å². The molecule has 0 radical (unpaired) electrons. The summed E-state index contributed by atoms with van der Waals surface area (Å²) in [4.78, 5) is 19.2. The SMILES string of the molecule is C=C/C(=C\C=C(/C)CC(=O)OC)c1nccnc1Cl. The van der Waals surface area contributed by atoms with E-state index < -0.39 is 0 Å². The Morgan fingerprint density at radius 3 is 2.68 bits per heavy atom. The molecule has 0 bridgehead atoms. The molecule has 100 valence electrons. The Kier molecular flexibility index (Phi) is 5.96. The van der Waals surface area contributed by atoms with Crippen molar-refractivity contribution in [1.82, 2.24) is 9.97 Å². The van der Waals surface area contributed by atoms with E-state index in [-0.39, 0.29) is 12.4 Å². The van der Waals surface area contributed by atoms with E-state index in [1.165, 1.54) is 13.3 Å². The topological polar surface area (TPSA) is 52.1 Å². The molecule has 0 atom stereocenters. The number of halogens is 1. The summed E-state index contributed by atoms with van der Waals surface area (Å²) in [5.41, 5.74) is 2.16. The molecule has 0 amide bonds. The van der Waals surface area contributed by atoms with E-state index in [1.54, 1.807) is 24.4 Å². The van der Waals surface area contributed by atoms with Crippen LogP contribution in [0, 0.1) is 0 Å². The van der Waals surface area contributed by atoms with Crippen LogP contribution < -0.4 is 0 Å². The lowest BCUT2D eigenvalue weighted by Gasteiger charge is -2.02. The molecule has 0 aliphatic carbocycles. The number of ether oxygens (including phenoxy) is 1. The lowest BCUT2D eigenvalue weighted by molar-refractivity contribution is -0.139. The minimum Gasteiger partial charge on any atom is -0.469 e. The van der Waals surface area contributed by atoms with Gasteiger partial charge in [0.15, 0.2) is 5.15 Å². The molecule has 4 nitrogen and oxygen atoms in total. The van der Waals surface area contributed by atoms with Crippen LogP contribution in [-0.2, 0) is 9.53 Å². The van der Waals surface area contributed by atoms with Gasteiger partial charge in [0.2, 0.25) is 0 Å². The maximum absolute atomic E-state index is 11.1. The van der Waals surface area contributed by atoms with Crippen LogP contribution in [0.2, 0.25) is 5.15 Å². The molecule has 1 aromatic rings. The fourth-order valence-corrected chi connectivity index (χ4v) is 1.56. The number of allylic oxidation sites excluding steroid dienone is 4. The van der Waals surface area contributed by atoms with E-state index in [4.69, 9.17) is 11.6 Å². The molecule has 0 saturated heterocycles. The van der Waals surface area contributed by atoms with Crippen molar-refractivity contribution < 1.29 is 9.53 Å². The highest BCUT2D eigenvalue weighted by atomic mass is 35.5. The first kappa shape index (κ1) is 15.1. The fourth-order valence-electron chi connectivity index (χ4n) is 1.35. The van der Waals surface area contributed by atoms with E-state index in [0.29, 0.717) is 10.8 Å². The second-order valence-corrected chi connectivity index (χ2v) is 4.15. The Morgan fingerprint density at radius 2 is 2.11 bits per heavy atom. The molecule has 0 aliphatic heterocycles. The van der Waals surface area contributed by atoms with Crippen molar-refractivity contribution in [3.05, 3.63) is 53.6 Å². The average Bonchev–Trinajstić information content (AvgIpc) is 2.41. The van der Waals surface area contributed by atoms with Gasteiger partial charge in [0.1, 0.15) is 5.69 Å². The highest BCUT2D eigenvalue weighted by molar-refractivity contribution is 6.31. The molecule has 0 fully saturated rings. The summed E-state index contributed by atoms with van der Waals surface area (Å²) in [6, 6.07) is 0. The summed E-state index contributed by atoms with van der Waals surface area (Å²) in [5, 5.41) is 0.313. The van der Waals surface area contributed by atoms with Crippen molar-refractivity contribution in [1.29, 1.82) is 0 Å². The number of nitrogens with zero attached hydrogens (tertiary/aromatic N) is 2. The normalized spacial score (nSPS) is 12.2. The van der Waals surface area contributed by atoms with Gasteiger partial charge in [-0.1, -0.05) is 42.0 Å². The predicted molar refractivity (Wildman–Crippen MR) is 75.6 cm³/mol. The zero-order chi connectivity index (χ0) is 14.3. The van der Waals surface area contributed by atoms with Gasteiger partial charge in [-0.3, -0.25) is 9.78 Å². The molecule has 0 spiro atoms. The number of esters is 1. The van der Waals surface area contributed by atoms with Crippen LogP contribution in [0.25, 0.3) is 5.57 Å². The zero-order valence-corrected chi connectivity index (χ0v) is 11.6. The molecule has 0 aliphatic rings. The molecular weight excluding hydrogens is 264 g/mol. The van der Waals surface area contributed by atoms with Gasteiger partial charge < -0.3 is 4.74 Å². The average molecular weight is 279 g/mol. The smallest absolute Gasteiger partial charge is 0.309 e. The van der Waals surface area contributed by atoms with Crippen LogP contribution >= 0.6 is 11.6 Å². The molecule has 0 saturated carbocycles. The van der Waals surface area contributed by atoms with E-state index in [9.17, 15) is 4.79 Å². The predicted octanol–water partition coefficient (Wildman–Crippen LogP) is 3.21. The Morgan fingerprint density at radius 1 is 1.42 bits per heavy atom. The second-order valence-electron chi connectivity index (χ2n) is 3.79. The number of hydrogen-bond acceptors (Lipinski definition) is 4. The summed E-state index contributed by atoms with van der Waals surface area (Å²) >= 11 is 5.96. The third-order valence-corrected chi connectivity index (χ3v) is 2.62.